The second-order valence-electron chi connectivity index (χ2n) is 35.2. The first-order valence-corrected chi connectivity index (χ1v) is 50.9. The third-order valence-electron chi connectivity index (χ3n) is 22.1. The van der Waals surface area contributed by atoms with Crippen LogP contribution in [-0.4, -0.2) is 277 Å². The number of nitrogens with two attached hydrogens (primary N) is 4. The van der Waals surface area contributed by atoms with Gasteiger partial charge in [0, 0.05) is 24.7 Å². The molecule has 0 saturated carbocycles. The summed E-state index contributed by atoms with van der Waals surface area (Å²) in [6.07, 6.45) is -8.16. The molecule has 0 bridgehead atoms. The van der Waals surface area contributed by atoms with Crippen molar-refractivity contribution >= 4 is 123 Å². The Labute approximate surface area is 793 Å². The van der Waals surface area contributed by atoms with E-state index in [1.54, 1.807) is 104 Å². The molecule has 16 rings (SSSR count). The number of nitrogens with zero attached hydrogens (tertiary/aromatic N) is 16. The lowest BCUT2D eigenvalue weighted by molar-refractivity contribution is -0.148. The molecule has 60 heteroatoms. The van der Waals surface area contributed by atoms with Gasteiger partial charge in [-0.2, -0.15) is 39.9 Å². The smallest absolute Gasteiger partial charge is 0.406 e. The minimum Gasteiger partial charge on any atom is -0.476 e. The number of fused-ring (bicyclic) bond motifs is 8. The van der Waals surface area contributed by atoms with Crippen molar-refractivity contribution in [3.63, 3.8) is 0 Å². The monoisotopic (exact) mass is 2050 g/mol. The summed E-state index contributed by atoms with van der Waals surface area (Å²) in [6, 6.07) is -1.71. The Hall–Kier alpha value is -9.52. The third-order valence-corrected chi connectivity index (χ3v) is 29.0. The quantitative estimate of drug-likeness (QED) is 0.00850. The number of ether oxygens (including phenoxy) is 12. The van der Waals surface area contributed by atoms with Crippen LogP contribution >= 0.6 is 31.0 Å². The Morgan fingerprint density at radius 1 is 0.403 bits per heavy atom. The fourth-order valence-corrected chi connectivity index (χ4v) is 22.6. The number of aromatic nitrogens is 16. The van der Waals surface area contributed by atoms with E-state index in [1.807, 2.05) is 0 Å². The average Bonchev–Trinajstić information content (AvgIpc) is 1.59. The summed E-state index contributed by atoms with van der Waals surface area (Å²) < 4.78 is 233. The lowest BCUT2D eigenvalue weighted by atomic mass is 9.98. The lowest BCUT2D eigenvalue weighted by Crippen LogP contribution is -2.47. The first-order valence-electron chi connectivity index (χ1n) is 44.8. The molecule has 0 radical (unpaired) electrons. The highest BCUT2D eigenvalue weighted by molar-refractivity contribution is 7.52. The van der Waals surface area contributed by atoms with Gasteiger partial charge in [0.15, 0.2) is 92.2 Å². The zero-order valence-corrected chi connectivity index (χ0v) is 83.2. The standard InChI is InChI=1S/3C20H30FN6O7P.C19H28FN6O7P/c3*1-6-30-16-13-15(24-19(22)25-16)27(9-23-13)18-20(5,21)14-12(33-18)8-32-35(29,34-14)26-11(4)7-31-17(28)10(2)3;1-5-29-16-13-15(24-18(21)25-16)26(9-22-13)17-19(4,20)14-11(32-17)8-30-34(28,33-14)23-7-6-12(27)31-10(2)3/h3*9-12,14,18H,6-8H2,1-5H3,(H,26,29)(H2,22,24,25);9-11,14,17H,5-8H2,1-4H3,(H,23,28)(H2,21,24,25)/t11-,12+,14+,18+,20+,35?;11-,12+,14+,18+,20+,35+;11-,12+,14+,18+,20+,35-;11-,14-,17-,19-,34+/m0001/s1. The third kappa shape index (κ3) is 23.5. The second-order valence-corrected chi connectivity index (χ2v) is 42.2. The summed E-state index contributed by atoms with van der Waals surface area (Å²) in [5, 5.41) is 10.6. The van der Waals surface area contributed by atoms with Crippen molar-refractivity contribution in [2.75, 3.05) is 102 Å². The second kappa shape index (κ2) is 43.0. The van der Waals surface area contributed by atoms with Gasteiger partial charge in [0.2, 0.25) is 47.3 Å². The molecule has 8 aromatic heterocycles. The molecule has 23 atom stereocenters. The molecule has 0 aromatic carbocycles. The topological polar surface area (TPSA) is 648 Å². The Morgan fingerprint density at radius 3 is 0.871 bits per heavy atom. The van der Waals surface area contributed by atoms with Crippen molar-refractivity contribution < 1.29 is 148 Å². The van der Waals surface area contributed by atoms with Gasteiger partial charge in [-0.25, -0.2) is 76.1 Å². The number of nitrogen functional groups attached to an aromatic ring is 4. The number of hydrogen-bond donors (Lipinski definition) is 8. The highest BCUT2D eigenvalue weighted by atomic mass is 31.2. The van der Waals surface area contributed by atoms with Crippen molar-refractivity contribution in [1.29, 1.82) is 0 Å². The van der Waals surface area contributed by atoms with E-state index in [0.29, 0.717) is 48.5 Å². The van der Waals surface area contributed by atoms with Gasteiger partial charge in [-0.05, 0) is 90.0 Å². The van der Waals surface area contributed by atoms with Crippen LogP contribution in [0.25, 0.3) is 44.7 Å². The molecule has 8 aliphatic heterocycles. The van der Waals surface area contributed by atoms with Crippen LogP contribution in [0.1, 0.15) is 163 Å². The fourth-order valence-electron chi connectivity index (χ4n) is 15.7. The van der Waals surface area contributed by atoms with Gasteiger partial charge in [-0.3, -0.25) is 73.6 Å². The highest BCUT2D eigenvalue weighted by Gasteiger charge is 2.66. The van der Waals surface area contributed by atoms with Crippen LogP contribution in [0.15, 0.2) is 25.3 Å². The minimum atomic E-state index is -3.93. The number of esters is 4. The van der Waals surface area contributed by atoms with Gasteiger partial charge in [0.1, 0.15) is 68.7 Å². The highest BCUT2D eigenvalue weighted by Crippen LogP contribution is 2.62. The minimum absolute atomic E-state index is 0.0317. The summed E-state index contributed by atoms with van der Waals surface area (Å²) in [5.41, 5.74) is 16.7. The van der Waals surface area contributed by atoms with Gasteiger partial charge in [-0.15, -0.1) is 0 Å². The normalized spacial score (nSPS) is 31.4. The maximum atomic E-state index is 16.2. The van der Waals surface area contributed by atoms with Crippen molar-refractivity contribution in [2.45, 2.75) is 259 Å². The summed E-state index contributed by atoms with van der Waals surface area (Å²) in [6.45, 7) is 31.2. The molecule has 8 aliphatic rings. The van der Waals surface area contributed by atoms with Crippen molar-refractivity contribution in [2.24, 2.45) is 17.8 Å². The van der Waals surface area contributed by atoms with E-state index in [-0.39, 0.29) is 153 Å². The van der Waals surface area contributed by atoms with Gasteiger partial charge in [-0.1, -0.05) is 41.5 Å². The molecule has 139 heavy (non-hydrogen) atoms. The molecule has 8 aromatic rings. The number of anilines is 4. The van der Waals surface area contributed by atoms with Gasteiger partial charge < -0.3 is 79.8 Å². The molecule has 16 heterocycles. The fraction of sp³-hybridized carbons (Fsp3) is 0.696. The number of imidazole rings is 4. The van der Waals surface area contributed by atoms with Crippen LogP contribution in [0.2, 0.25) is 0 Å². The van der Waals surface area contributed by atoms with Crippen molar-refractivity contribution in [3.05, 3.63) is 25.3 Å². The molecule has 12 N–H and O–H groups in total. The van der Waals surface area contributed by atoms with E-state index in [4.69, 9.17) is 116 Å². The number of rotatable bonds is 32. The summed E-state index contributed by atoms with van der Waals surface area (Å²) in [7, 11) is -15.7. The van der Waals surface area contributed by atoms with Crippen LogP contribution in [-0.2, 0) is 112 Å². The molecule has 770 valence electrons. The zero-order valence-electron chi connectivity index (χ0n) is 79.7. The van der Waals surface area contributed by atoms with E-state index in [1.165, 1.54) is 71.3 Å². The lowest BCUT2D eigenvalue weighted by Gasteiger charge is -2.35. The molecule has 8 fully saturated rings. The summed E-state index contributed by atoms with van der Waals surface area (Å²) in [5.74, 6) is -2.15. The number of hydrogen-bond acceptors (Lipinski definition) is 44. The van der Waals surface area contributed by atoms with E-state index in [2.05, 4.69) is 80.2 Å². The Bertz CT molecular complexity index is 5530. The average molecular weight is 2050 g/mol. The van der Waals surface area contributed by atoms with Crippen LogP contribution in [0, 0.1) is 17.8 Å². The Balaban J connectivity index is 0.000000156. The van der Waals surface area contributed by atoms with Gasteiger partial charge >= 0.3 is 54.9 Å². The van der Waals surface area contributed by atoms with Crippen molar-refractivity contribution in [1.82, 2.24) is 98.4 Å². The van der Waals surface area contributed by atoms with Gasteiger partial charge in [0.25, 0.3) is 0 Å². The summed E-state index contributed by atoms with van der Waals surface area (Å²) >= 11 is 0. The number of carbonyl (C=O) groups excluding carboxylic acids is 4. The van der Waals surface area contributed by atoms with Crippen LogP contribution in [0.5, 0.6) is 23.5 Å². The Kier molecular flexibility index (Phi) is 33.0. The SMILES string of the molecule is CCOc1nc(N)nc2c1ncn2[C@@H]1O[C@@H]2COP(=O)(N[C@@H](C)COC(=O)C(C)C)O[C@H]2[C@@]1(C)F.CCOc1nc(N)nc2c1ncn2[C@@H]1O[C@@H]2CO[P@@](=O)(NCCC(=O)OC(C)C)O[C@H]2[C@@]1(C)F.CCOc1nc(N)nc2c1ncn2[C@@H]1O[C@@H]2CO[P@@](=O)(N[C@@H](C)COC(=O)C(C)C)O[C@H]2[C@@]1(C)F.CCOc1nc(N)nc2c1ncn2[C@@H]1O[C@@H]2CO[P@](=O)(N[C@@H](C)COC(=O)C(C)C)O[C@H]2[C@@]1(C)F. The number of alkyl halides is 4. The molecule has 0 spiro atoms. The van der Waals surface area contributed by atoms with Crippen LogP contribution < -0.4 is 62.2 Å². The van der Waals surface area contributed by atoms with Crippen LogP contribution in [0.3, 0.4) is 0 Å². The molecule has 52 nitrogen and oxygen atoms in total. The molecular weight excluding hydrogens is 1930 g/mol. The molecule has 8 saturated heterocycles. The van der Waals surface area contributed by atoms with Gasteiger partial charge in [0.05, 0.1) is 108 Å². The number of carbonyl (C=O) groups is 4. The zero-order chi connectivity index (χ0) is 101. The maximum Gasteiger partial charge on any atom is 0.406 e. The molecule has 1 unspecified atom stereocenters. The predicted molar refractivity (Wildman–Crippen MR) is 480 cm³/mol. The van der Waals surface area contributed by atoms with E-state index >= 15 is 17.6 Å². The molecule has 0 amide bonds. The number of nitrogens with one attached hydrogen (secondary N) is 4. The summed E-state index contributed by atoms with van der Waals surface area (Å²) in [4.78, 5) is 96.6. The van der Waals surface area contributed by atoms with E-state index in [0.717, 1.165) is 0 Å². The van der Waals surface area contributed by atoms with E-state index < -0.39 is 169 Å². The Morgan fingerprint density at radius 2 is 0.640 bits per heavy atom. The number of halogens is 4. The van der Waals surface area contributed by atoms with E-state index in [9.17, 15) is 37.4 Å². The maximum absolute atomic E-state index is 16.2. The largest absolute Gasteiger partial charge is 0.476 e. The molecular formula is C79H118F4N24O28P4. The first-order chi connectivity index (χ1) is 65.4. The first kappa shape index (κ1) is 107. The molecule has 0 aliphatic carbocycles. The predicted octanol–water partition coefficient (Wildman–Crippen LogP) is 8.29. The van der Waals surface area contributed by atoms with Crippen molar-refractivity contribution in [3.8, 4) is 23.5 Å². The van der Waals surface area contributed by atoms with Crippen LogP contribution in [0.4, 0.5) is 41.4 Å².